The topological polar surface area (TPSA) is 72.2 Å². The molecule has 2 rings (SSSR count). The zero-order chi connectivity index (χ0) is 18.8. The van der Waals surface area contributed by atoms with Crippen molar-refractivity contribution in [1.29, 1.82) is 0 Å². The molecule has 0 fully saturated rings. The fraction of sp³-hybridized carbons (Fsp3) is 0.500. The number of halogens is 1. The second-order valence-corrected chi connectivity index (χ2v) is 9.50. The molecule has 3 N–H and O–H groups in total. The maximum Gasteiger partial charge on any atom is 0.241 e. The summed E-state index contributed by atoms with van der Waals surface area (Å²) in [5.74, 6) is 0. The molecule has 0 atom stereocenters. The third-order valence-electron chi connectivity index (χ3n) is 4.54. The molecule has 2 aromatic carbocycles. The summed E-state index contributed by atoms with van der Waals surface area (Å²) in [5.41, 5.74) is 5.48. The van der Waals surface area contributed by atoms with Crippen molar-refractivity contribution in [2.24, 2.45) is 5.73 Å². The van der Waals surface area contributed by atoms with Gasteiger partial charge in [-0.25, -0.2) is 13.1 Å². The van der Waals surface area contributed by atoms with Gasteiger partial charge in [-0.2, -0.15) is 0 Å². The van der Waals surface area contributed by atoms with Crippen molar-refractivity contribution >= 4 is 43.4 Å². The van der Waals surface area contributed by atoms with E-state index in [9.17, 15) is 8.42 Å². The SMILES string of the molecule is NCCCCCCCCCCNS(=O)(=O)c1cccc2c(I)cccc12. The summed E-state index contributed by atoms with van der Waals surface area (Å²) >= 11 is 2.24. The highest BCUT2D eigenvalue weighted by atomic mass is 127. The smallest absolute Gasteiger partial charge is 0.241 e. The summed E-state index contributed by atoms with van der Waals surface area (Å²) in [4.78, 5) is 0.369. The van der Waals surface area contributed by atoms with Gasteiger partial charge in [-0.05, 0) is 59.5 Å². The van der Waals surface area contributed by atoms with E-state index in [1.54, 1.807) is 6.07 Å². The average Bonchev–Trinajstić information content (AvgIpc) is 2.63. The summed E-state index contributed by atoms with van der Waals surface area (Å²) in [5, 5.41) is 1.76. The molecule has 0 radical (unpaired) electrons. The second kappa shape index (κ2) is 11.2. The number of hydrogen-bond donors (Lipinski definition) is 2. The first-order valence-corrected chi connectivity index (χ1v) is 12.0. The van der Waals surface area contributed by atoms with E-state index >= 15 is 0 Å². The van der Waals surface area contributed by atoms with E-state index in [4.69, 9.17) is 5.73 Å². The Morgan fingerprint density at radius 2 is 1.38 bits per heavy atom. The van der Waals surface area contributed by atoms with Crippen molar-refractivity contribution in [2.75, 3.05) is 13.1 Å². The largest absolute Gasteiger partial charge is 0.330 e. The maximum atomic E-state index is 12.7. The van der Waals surface area contributed by atoms with Crippen LogP contribution in [0.1, 0.15) is 51.4 Å². The van der Waals surface area contributed by atoms with Crippen LogP contribution < -0.4 is 10.5 Å². The average molecular weight is 488 g/mol. The third-order valence-corrected chi connectivity index (χ3v) is 7.00. The lowest BCUT2D eigenvalue weighted by Gasteiger charge is -2.10. The van der Waals surface area contributed by atoms with Crippen LogP contribution in [0.2, 0.25) is 0 Å². The standard InChI is InChI=1S/C20H29IN2O2S/c21-19-13-9-12-18-17(19)11-10-14-20(18)26(24,25)23-16-8-6-4-2-1-3-5-7-15-22/h9-14,23H,1-8,15-16,22H2. The molecule has 6 heteroatoms. The van der Waals surface area contributed by atoms with Crippen LogP contribution in [0.3, 0.4) is 0 Å². The predicted molar refractivity (Wildman–Crippen MR) is 118 cm³/mol. The molecule has 0 spiro atoms. The molecule has 0 saturated heterocycles. The van der Waals surface area contributed by atoms with Crippen LogP contribution in [0.25, 0.3) is 10.8 Å². The van der Waals surface area contributed by atoms with E-state index < -0.39 is 10.0 Å². The Kier molecular flexibility index (Phi) is 9.31. The van der Waals surface area contributed by atoms with E-state index in [0.717, 1.165) is 46.6 Å². The van der Waals surface area contributed by atoms with Gasteiger partial charge in [0.1, 0.15) is 0 Å². The minimum Gasteiger partial charge on any atom is -0.330 e. The lowest BCUT2D eigenvalue weighted by Crippen LogP contribution is -2.25. The van der Waals surface area contributed by atoms with Crippen LogP contribution in [0, 0.1) is 3.57 Å². The van der Waals surface area contributed by atoms with Crippen molar-refractivity contribution in [3.8, 4) is 0 Å². The molecule has 0 aromatic heterocycles. The molecule has 2 aromatic rings. The molecule has 4 nitrogen and oxygen atoms in total. The highest BCUT2D eigenvalue weighted by Gasteiger charge is 2.17. The van der Waals surface area contributed by atoms with E-state index in [0.29, 0.717) is 11.4 Å². The van der Waals surface area contributed by atoms with Crippen LogP contribution in [0.4, 0.5) is 0 Å². The molecule has 0 aliphatic rings. The molecule has 0 saturated carbocycles. The quantitative estimate of drug-likeness (QED) is 0.333. The number of hydrogen-bond acceptors (Lipinski definition) is 3. The minimum absolute atomic E-state index is 0.369. The van der Waals surface area contributed by atoms with Gasteiger partial charge in [-0.1, -0.05) is 62.8 Å². The Morgan fingerprint density at radius 3 is 2.08 bits per heavy atom. The third kappa shape index (κ3) is 6.48. The molecular formula is C20H29IN2O2S. The van der Waals surface area contributed by atoms with Crippen LogP contribution in [-0.2, 0) is 10.0 Å². The van der Waals surface area contributed by atoms with Crippen molar-refractivity contribution in [3.05, 3.63) is 40.0 Å². The van der Waals surface area contributed by atoms with Gasteiger partial charge >= 0.3 is 0 Å². The first kappa shape index (κ1) is 21.6. The molecule has 26 heavy (non-hydrogen) atoms. The molecule has 0 aliphatic heterocycles. The Bertz CT molecular complexity index is 793. The first-order chi connectivity index (χ1) is 12.6. The monoisotopic (exact) mass is 488 g/mol. The van der Waals surface area contributed by atoms with Gasteiger partial charge in [0.2, 0.25) is 10.0 Å². The summed E-state index contributed by atoms with van der Waals surface area (Å²) in [6.45, 7) is 1.28. The molecule has 0 aliphatic carbocycles. The van der Waals surface area contributed by atoms with Crippen molar-refractivity contribution in [1.82, 2.24) is 4.72 Å². The van der Waals surface area contributed by atoms with Crippen molar-refractivity contribution in [2.45, 2.75) is 56.3 Å². The van der Waals surface area contributed by atoms with Crippen molar-refractivity contribution in [3.63, 3.8) is 0 Å². The Morgan fingerprint density at radius 1 is 0.808 bits per heavy atom. The Balaban J connectivity index is 1.79. The molecule has 0 amide bonds. The van der Waals surface area contributed by atoms with E-state index in [-0.39, 0.29) is 0 Å². The Labute approximate surface area is 171 Å². The number of nitrogens with one attached hydrogen (secondary N) is 1. The number of fused-ring (bicyclic) bond motifs is 1. The predicted octanol–water partition coefficient (Wildman–Crippen LogP) is 4.80. The first-order valence-electron chi connectivity index (χ1n) is 9.43. The van der Waals surface area contributed by atoms with E-state index in [1.807, 2.05) is 30.3 Å². The van der Waals surface area contributed by atoms with Crippen LogP contribution in [0.5, 0.6) is 0 Å². The van der Waals surface area contributed by atoms with Crippen LogP contribution in [-0.4, -0.2) is 21.5 Å². The van der Waals surface area contributed by atoms with Gasteiger partial charge in [0.15, 0.2) is 0 Å². The number of rotatable bonds is 12. The van der Waals surface area contributed by atoms with Gasteiger partial charge in [0, 0.05) is 15.5 Å². The summed E-state index contributed by atoms with van der Waals surface area (Å²) in [7, 11) is -3.48. The molecule has 0 bridgehead atoms. The fourth-order valence-corrected chi connectivity index (χ4v) is 5.06. The number of benzene rings is 2. The molecule has 144 valence electrons. The zero-order valence-electron chi connectivity index (χ0n) is 15.2. The van der Waals surface area contributed by atoms with Gasteiger partial charge in [-0.15, -0.1) is 0 Å². The highest BCUT2D eigenvalue weighted by Crippen LogP contribution is 2.26. The minimum atomic E-state index is -3.48. The fourth-order valence-electron chi connectivity index (χ4n) is 3.09. The number of sulfonamides is 1. The lowest BCUT2D eigenvalue weighted by atomic mass is 10.1. The molecule has 0 unspecified atom stereocenters. The summed E-state index contributed by atoms with van der Waals surface area (Å²) < 4.78 is 29.2. The van der Waals surface area contributed by atoms with Gasteiger partial charge < -0.3 is 5.73 Å². The second-order valence-electron chi connectivity index (χ2n) is 6.61. The maximum absolute atomic E-state index is 12.7. The number of nitrogens with two attached hydrogens (primary N) is 1. The van der Waals surface area contributed by atoms with E-state index in [1.165, 1.54) is 25.7 Å². The summed E-state index contributed by atoms with van der Waals surface area (Å²) in [6, 6.07) is 11.2. The number of unbranched alkanes of at least 4 members (excludes halogenated alkanes) is 7. The van der Waals surface area contributed by atoms with E-state index in [2.05, 4.69) is 27.3 Å². The Hall–Kier alpha value is -0.700. The van der Waals surface area contributed by atoms with Crippen LogP contribution >= 0.6 is 22.6 Å². The van der Waals surface area contributed by atoms with Gasteiger partial charge in [0.05, 0.1) is 4.90 Å². The van der Waals surface area contributed by atoms with Gasteiger partial charge in [-0.3, -0.25) is 0 Å². The van der Waals surface area contributed by atoms with Gasteiger partial charge in [0.25, 0.3) is 0 Å². The van der Waals surface area contributed by atoms with Crippen molar-refractivity contribution < 1.29 is 8.42 Å². The normalized spacial score (nSPS) is 11.9. The highest BCUT2D eigenvalue weighted by molar-refractivity contribution is 14.1. The van der Waals surface area contributed by atoms with Crippen LogP contribution in [0.15, 0.2) is 41.3 Å². The summed E-state index contributed by atoms with van der Waals surface area (Å²) in [6.07, 6.45) is 9.17. The lowest BCUT2D eigenvalue weighted by molar-refractivity contribution is 0.557. The molecule has 0 heterocycles. The zero-order valence-corrected chi connectivity index (χ0v) is 18.2. The molecular weight excluding hydrogens is 459 g/mol.